The minimum atomic E-state index is 0.641. The van der Waals surface area contributed by atoms with E-state index < -0.39 is 0 Å². The molecule has 0 amide bonds. The lowest BCUT2D eigenvalue weighted by Gasteiger charge is -2.08. The Balaban J connectivity index is 2.10. The van der Waals surface area contributed by atoms with Gasteiger partial charge in [-0.2, -0.15) is 10.4 Å². The molecule has 2 rings (SSSR count). The number of aryl methyl sites for hydroxylation is 1. The smallest absolute Gasteiger partial charge is 0.0992 e. The van der Waals surface area contributed by atoms with Crippen molar-refractivity contribution >= 4 is 21.6 Å². The minimum absolute atomic E-state index is 0.641. The van der Waals surface area contributed by atoms with Gasteiger partial charge < -0.3 is 5.32 Å². The predicted molar refractivity (Wildman–Crippen MR) is 69.5 cm³/mol. The molecule has 0 aliphatic heterocycles. The van der Waals surface area contributed by atoms with Crippen molar-refractivity contribution in [3.8, 4) is 6.07 Å². The summed E-state index contributed by atoms with van der Waals surface area (Å²) in [4.78, 5) is 0. The Morgan fingerprint density at radius 3 is 2.94 bits per heavy atom. The molecule has 2 aromatic rings. The maximum absolute atomic E-state index is 8.77. The first-order chi connectivity index (χ1) is 8.20. The fourth-order valence-corrected chi connectivity index (χ4v) is 1.99. The average Bonchev–Trinajstić information content (AvgIpc) is 2.73. The molecule has 0 aliphatic carbocycles. The van der Waals surface area contributed by atoms with Gasteiger partial charge in [0.15, 0.2) is 0 Å². The summed E-state index contributed by atoms with van der Waals surface area (Å²) in [5.74, 6) is 0. The number of H-pyrrole nitrogens is 1. The number of aromatic nitrogens is 2. The summed E-state index contributed by atoms with van der Waals surface area (Å²) in [6.07, 6.45) is 1.81. The molecule has 4 nitrogen and oxygen atoms in total. The van der Waals surface area contributed by atoms with E-state index in [1.54, 1.807) is 18.3 Å². The fraction of sp³-hybridized carbons (Fsp3) is 0.167. The molecule has 0 atom stereocenters. The molecule has 0 saturated carbocycles. The Kier molecular flexibility index (Phi) is 3.45. The molecular weight excluding hydrogens is 280 g/mol. The zero-order chi connectivity index (χ0) is 12.3. The zero-order valence-corrected chi connectivity index (χ0v) is 10.9. The van der Waals surface area contributed by atoms with Crippen LogP contribution in [0.15, 0.2) is 28.9 Å². The quantitative estimate of drug-likeness (QED) is 0.913. The number of nitrogens with zero attached hydrogens (tertiary/aromatic N) is 2. The summed E-state index contributed by atoms with van der Waals surface area (Å²) in [5, 5.41) is 18.9. The first kappa shape index (κ1) is 11.7. The Labute approximate surface area is 108 Å². The van der Waals surface area contributed by atoms with Crippen molar-refractivity contribution < 1.29 is 0 Å². The Morgan fingerprint density at radius 1 is 1.53 bits per heavy atom. The highest BCUT2D eigenvalue weighted by Crippen LogP contribution is 2.24. The largest absolute Gasteiger partial charge is 0.380 e. The van der Waals surface area contributed by atoms with E-state index in [4.69, 9.17) is 5.26 Å². The van der Waals surface area contributed by atoms with E-state index in [0.29, 0.717) is 12.1 Å². The van der Waals surface area contributed by atoms with Crippen LogP contribution in [0, 0.1) is 18.3 Å². The molecule has 86 valence electrons. The molecule has 2 N–H and O–H groups in total. The van der Waals surface area contributed by atoms with Crippen LogP contribution in [0.3, 0.4) is 0 Å². The van der Waals surface area contributed by atoms with Gasteiger partial charge in [0.2, 0.25) is 0 Å². The number of benzene rings is 1. The molecule has 1 aromatic carbocycles. The molecule has 5 heteroatoms. The number of hydrogen-bond donors (Lipinski definition) is 2. The molecule has 0 fully saturated rings. The molecule has 0 bridgehead atoms. The molecule has 1 aromatic heterocycles. The third kappa shape index (κ3) is 2.66. The van der Waals surface area contributed by atoms with Gasteiger partial charge in [0.05, 0.1) is 17.8 Å². The van der Waals surface area contributed by atoms with Crippen LogP contribution >= 0.6 is 15.9 Å². The number of hydrogen-bond acceptors (Lipinski definition) is 3. The van der Waals surface area contributed by atoms with Crippen molar-refractivity contribution in [3.05, 3.63) is 45.7 Å². The summed E-state index contributed by atoms with van der Waals surface area (Å²) >= 11 is 3.43. The van der Waals surface area contributed by atoms with Gasteiger partial charge in [0.25, 0.3) is 0 Å². The standard InChI is InChI=1S/C12H11BrN4/c1-8-10(7-16-17-8)6-15-12-3-2-9(5-14)4-11(12)13/h2-4,7,15H,6H2,1H3,(H,16,17). The second-order valence-electron chi connectivity index (χ2n) is 3.68. The summed E-state index contributed by atoms with van der Waals surface area (Å²) in [6.45, 7) is 2.69. The zero-order valence-electron chi connectivity index (χ0n) is 9.29. The van der Waals surface area contributed by atoms with E-state index in [0.717, 1.165) is 21.4 Å². The lowest BCUT2D eigenvalue weighted by Crippen LogP contribution is -2.00. The van der Waals surface area contributed by atoms with Crippen LogP contribution in [0.1, 0.15) is 16.8 Å². The highest BCUT2D eigenvalue weighted by Gasteiger charge is 2.03. The van der Waals surface area contributed by atoms with E-state index in [9.17, 15) is 0 Å². The van der Waals surface area contributed by atoms with Gasteiger partial charge in [-0.1, -0.05) is 0 Å². The first-order valence-corrected chi connectivity index (χ1v) is 5.92. The van der Waals surface area contributed by atoms with Gasteiger partial charge in [0.1, 0.15) is 0 Å². The monoisotopic (exact) mass is 290 g/mol. The number of halogens is 1. The highest BCUT2D eigenvalue weighted by molar-refractivity contribution is 9.10. The van der Waals surface area contributed by atoms with Crippen molar-refractivity contribution in [1.82, 2.24) is 10.2 Å². The number of nitriles is 1. The van der Waals surface area contributed by atoms with E-state index in [1.165, 1.54) is 0 Å². The molecule has 0 saturated heterocycles. The fourth-order valence-electron chi connectivity index (χ4n) is 1.47. The van der Waals surface area contributed by atoms with Gasteiger partial charge in [0, 0.05) is 28.0 Å². The Morgan fingerprint density at radius 2 is 2.35 bits per heavy atom. The Hall–Kier alpha value is -1.80. The van der Waals surface area contributed by atoms with E-state index in [1.807, 2.05) is 13.0 Å². The minimum Gasteiger partial charge on any atom is -0.380 e. The SMILES string of the molecule is Cc1[nH]ncc1CNc1ccc(C#N)cc1Br. The molecule has 17 heavy (non-hydrogen) atoms. The van der Waals surface area contributed by atoms with Gasteiger partial charge in [-0.15, -0.1) is 0 Å². The van der Waals surface area contributed by atoms with Crippen molar-refractivity contribution in [2.75, 3.05) is 5.32 Å². The average molecular weight is 291 g/mol. The van der Waals surface area contributed by atoms with E-state index in [2.05, 4.69) is 37.5 Å². The van der Waals surface area contributed by atoms with Crippen LogP contribution in [-0.2, 0) is 6.54 Å². The van der Waals surface area contributed by atoms with Crippen LogP contribution in [0.4, 0.5) is 5.69 Å². The molecule has 1 heterocycles. The lowest BCUT2D eigenvalue weighted by molar-refractivity contribution is 1.04. The highest BCUT2D eigenvalue weighted by atomic mass is 79.9. The lowest BCUT2D eigenvalue weighted by atomic mass is 10.2. The van der Waals surface area contributed by atoms with Gasteiger partial charge >= 0.3 is 0 Å². The molecule has 0 spiro atoms. The van der Waals surface area contributed by atoms with Crippen LogP contribution in [-0.4, -0.2) is 10.2 Å². The maximum atomic E-state index is 8.77. The molecule has 0 radical (unpaired) electrons. The molecule has 0 unspecified atom stereocenters. The van der Waals surface area contributed by atoms with Crippen molar-refractivity contribution in [2.24, 2.45) is 0 Å². The van der Waals surface area contributed by atoms with Crippen LogP contribution in [0.2, 0.25) is 0 Å². The maximum Gasteiger partial charge on any atom is 0.0992 e. The van der Waals surface area contributed by atoms with Crippen LogP contribution < -0.4 is 5.32 Å². The third-order valence-electron chi connectivity index (χ3n) is 2.50. The van der Waals surface area contributed by atoms with Crippen LogP contribution in [0.25, 0.3) is 0 Å². The summed E-state index contributed by atoms with van der Waals surface area (Å²) in [5.41, 5.74) is 3.79. The second-order valence-corrected chi connectivity index (χ2v) is 4.53. The second kappa shape index (κ2) is 5.02. The van der Waals surface area contributed by atoms with Gasteiger partial charge in [-0.25, -0.2) is 0 Å². The van der Waals surface area contributed by atoms with Crippen molar-refractivity contribution in [1.29, 1.82) is 5.26 Å². The molecular formula is C12H11BrN4. The Bertz CT molecular complexity index is 568. The number of aromatic amines is 1. The summed E-state index contributed by atoms with van der Waals surface area (Å²) < 4.78 is 0.887. The number of rotatable bonds is 3. The predicted octanol–water partition coefficient (Wildman–Crippen LogP) is 2.96. The van der Waals surface area contributed by atoms with Crippen molar-refractivity contribution in [2.45, 2.75) is 13.5 Å². The van der Waals surface area contributed by atoms with Crippen molar-refractivity contribution in [3.63, 3.8) is 0 Å². The summed E-state index contributed by atoms with van der Waals surface area (Å²) in [6, 6.07) is 7.57. The normalized spacial score (nSPS) is 9.94. The topological polar surface area (TPSA) is 64.5 Å². The van der Waals surface area contributed by atoms with Gasteiger partial charge in [-0.3, -0.25) is 5.10 Å². The number of anilines is 1. The number of nitrogens with one attached hydrogen (secondary N) is 2. The van der Waals surface area contributed by atoms with E-state index >= 15 is 0 Å². The summed E-state index contributed by atoms with van der Waals surface area (Å²) in [7, 11) is 0. The van der Waals surface area contributed by atoms with Crippen LogP contribution in [0.5, 0.6) is 0 Å². The third-order valence-corrected chi connectivity index (χ3v) is 3.16. The van der Waals surface area contributed by atoms with Gasteiger partial charge in [-0.05, 0) is 41.1 Å². The first-order valence-electron chi connectivity index (χ1n) is 5.13. The van der Waals surface area contributed by atoms with E-state index in [-0.39, 0.29) is 0 Å². The molecule has 0 aliphatic rings.